The van der Waals surface area contributed by atoms with Gasteiger partial charge in [-0.15, -0.1) is 11.6 Å². The molecule has 0 heterocycles. The van der Waals surface area contributed by atoms with Gasteiger partial charge in [-0.05, 0) is 19.1 Å². The average molecular weight is 244 g/mol. The number of halogens is 1. The Hall–Kier alpha value is -1.42. The van der Waals surface area contributed by atoms with Gasteiger partial charge in [-0.25, -0.2) is 0 Å². The van der Waals surface area contributed by atoms with Crippen LogP contribution in [0.15, 0.2) is 18.2 Å². The molecule has 0 aliphatic carbocycles. The van der Waals surface area contributed by atoms with E-state index in [0.29, 0.717) is 17.2 Å². The topological polar surface area (TPSA) is 47.6 Å². The molecule has 0 aliphatic rings. The van der Waals surface area contributed by atoms with E-state index in [1.165, 1.54) is 7.11 Å². The van der Waals surface area contributed by atoms with E-state index in [-0.39, 0.29) is 5.91 Å². The third-order valence-electron chi connectivity index (χ3n) is 2.03. The molecule has 0 spiro atoms. The Labute approximate surface area is 99.5 Å². The van der Waals surface area contributed by atoms with Gasteiger partial charge in [-0.3, -0.25) is 4.79 Å². The predicted octanol–water partition coefficient (Wildman–Crippen LogP) is 2.27. The maximum atomic E-state index is 11.4. The van der Waals surface area contributed by atoms with Crippen LogP contribution in [0, 0.1) is 0 Å². The summed E-state index contributed by atoms with van der Waals surface area (Å²) >= 11 is 5.65. The minimum absolute atomic E-state index is 0.273. The molecule has 0 saturated heterocycles. The third kappa shape index (κ3) is 3.03. The molecule has 4 nitrogen and oxygen atoms in total. The van der Waals surface area contributed by atoms with E-state index in [1.54, 1.807) is 32.2 Å². The van der Waals surface area contributed by atoms with E-state index >= 15 is 0 Å². The average Bonchev–Trinajstić information content (AvgIpc) is 2.29. The molecular formula is C11H14ClNO3. The van der Waals surface area contributed by atoms with Crippen LogP contribution in [-0.4, -0.2) is 25.5 Å². The van der Waals surface area contributed by atoms with Crippen LogP contribution in [0.4, 0.5) is 5.69 Å². The largest absolute Gasteiger partial charge is 0.497 e. The smallest absolute Gasteiger partial charge is 0.242 e. The van der Waals surface area contributed by atoms with E-state index in [9.17, 15) is 4.79 Å². The zero-order valence-electron chi connectivity index (χ0n) is 9.41. The summed E-state index contributed by atoms with van der Waals surface area (Å²) in [7, 11) is 3.09. The van der Waals surface area contributed by atoms with Crippen molar-refractivity contribution in [1.29, 1.82) is 0 Å². The lowest BCUT2D eigenvalue weighted by Gasteiger charge is -2.12. The molecule has 1 amide bonds. The maximum Gasteiger partial charge on any atom is 0.242 e. The number of rotatable bonds is 4. The number of ether oxygens (including phenoxy) is 2. The fraction of sp³-hybridized carbons (Fsp3) is 0.364. The van der Waals surface area contributed by atoms with Crippen molar-refractivity contribution in [3.05, 3.63) is 18.2 Å². The zero-order valence-corrected chi connectivity index (χ0v) is 10.2. The lowest BCUT2D eigenvalue weighted by Crippen LogP contribution is -2.20. The predicted molar refractivity (Wildman–Crippen MR) is 63.5 cm³/mol. The number of nitrogens with one attached hydrogen (secondary N) is 1. The molecule has 88 valence electrons. The van der Waals surface area contributed by atoms with Crippen molar-refractivity contribution in [2.45, 2.75) is 12.3 Å². The molecule has 0 saturated carbocycles. The molecular weight excluding hydrogens is 230 g/mol. The summed E-state index contributed by atoms with van der Waals surface area (Å²) in [6.07, 6.45) is 0. The van der Waals surface area contributed by atoms with Gasteiger partial charge in [0, 0.05) is 6.07 Å². The summed E-state index contributed by atoms with van der Waals surface area (Å²) in [4.78, 5) is 11.4. The highest BCUT2D eigenvalue weighted by atomic mass is 35.5. The van der Waals surface area contributed by atoms with E-state index < -0.39 is 5.38 Å². The summed E-state index contributed by atoms with van der Waals surface area (Å²) < 4.78 is 10.2. The van der Waals surface area contributed by atoms with E-state index in [2.05, 4.69) is 5.32 Å². The second-order valence-electron chi connectivity index (χ2n) is 3.17. The van der Waals surface area contributed by atoms with Crippen molar-refractivity contribution in [3.63, 3.8) is 0 Å². The highest BCUT2D eigenvalue weighted by molar-refractivity contribution is 6.32. The Balaban J connectivity index is 2.91. The van der Waals surface area contributed by atoms with Gasteiger partial charge in [-0.2, -0.15) is 0 Å². The minimum Gasteiger partial charge on any atom is -0.497 e. The molecule has 1 atom stereocenters. The highest BCUT2D eigenvalue weighted by Gasteiger charge is 2.12. The number of carbonyl (C=O) groups is 1. The molecule has 1 aromatic rings. The molecule has 0 aliphatic heterocycles. The van der Waals surface area contributed by atoms with Gasteiger partial charge in [0.05, 0.1) is 19.9 Å². The fourth-order valence-corrected chi connectivity index (χ4v) is 1.19. The molecule has 5 heteroatoms. The first-order chi connectivity index (χ1) is 7.58. The quantitative estimate of drug-likeness (QED) is 0.826. The molecule has 16 heavy (non-hydrogen) atoms. The standard InChI is InChI=1S/C11H14ClNO3/c1-7(12)11(14)13-9-5-4-8(15-2)6-10(9)16-3/h4-7H,1-3H3,(H,13,14). The summed E-state index contributed by atoms with van der Waals surface area (Å²) in [6, 6.07) is 5.13. The van der Waals surface area contributed by atoms with Gasteiger partial charge in [-0.1, -0.05) is 0 Å². The highest BCUT2D eigenvalue weighted by Crippen LogP contribution is 2.29. The van der Waals surface area contributed by atoms with Gasteiger partial charge >= 0.3 is 0 Å². The SMILES string of the molecule is COc1ccc(NC(=O)C(C)Cl)c(OC)c1. The number of methoxy groups -OCH3 is 2. The summed E-state index contributed by atoms with van der Waals surface area (Å²) in [5.74, 6) is 0.920. The second-order valence-corrected chi connectivity index (χ2v) is 3.83. The van der Waals surface area contributed by atoms with Crippen LogP contribution in [0.2, 0.25) is 0 Å². The number of anilines is 1. The van der Waals surface area contributed by atoms with Crippen LogP contribution in [0.5, 0.6) is 11.5 Å². The lowest BCUT2D eigenvalue weighted by atomic mass is 10.2. The van der Waals surface area contributed by atoms with Crippen molar-refractivity contribution >= 4 is 23.2 Å². The van der Waals surface area contributed by atoms with Crippen LogP contribution in [-0.2, 0) is 4.79 Å². The number of alkyl halides is 1. The van der Waals surface area contributed by atoms with E-state index in [4.69, 9.17) is 21.1 Å². The Morgan fingerprint density at radius 3 is 2.56 bits per heavy atom. The minimum atomic E-state index is -0.591. The molecule has 0 aromatic heterocycles. The van der Waals surface area contributed by atoms with Gasteiger partial charge < -0.3 is 14.8 Å². The van der Waals surface area contributed by atoms with Crippen LogP contribution < -0.4 is 14.8 Å². The monoisotopic (exact) mass is 243 g/mol. The maximum absolute atomic E-state index is 11.4. The van der Waals surface area contributed by atoms with E-state index in [0.717, 1.165) is 0 Å². The Kier molecular flexibility index (Phi) is 4.43. The number of benzene rings is 1. The molecule has 0 fully saturated rings. The molecule has 1 unspecified atom stereocenters. The van der Waals surface area contributed by atoms with Gasteiger partial charge in [0.1, 0.15) is 16.9 Å². The second kappa shape index (κ2) is 5.61. The van der Waals surface area contributed by atoms with Crippen molar-refractivity contribution in [1.82, 2.24) is 0 Å². The fourth-order valence-electron chi connectivity index (χ4n) is 1.13. The Morgan fingerprint density at radius 2 is 2.06 bits per heavy atom. The summed E-state index contributed by atoms with van der Waals surface area (Å²) in [5.41, 5.74) is 0.570. The molecule has 0 bridgehead atoms. The van der Waals surface area contributed by atoms with Gasteiger partial charge in [0.2, 0.25) is 5.91 Å². The van der Waals surface area contributed by atoms with Crippen molar-refractivity contribution in [3.8, 4) is 11.5 Å². The number of hydrogen-bond donors (Lipinski definition) is 1. The van der Waals surface area contributed by atoms with Crippen LogP contribution in [0.25, 0.3) is 0 Å². The van der Waals surface area contributed by atoms with Crippen LogP contribution >= 0.6 is 11.6 Å². The first kappa shape index (κ1) is 12.6. The van der Waals surface area contributed by atoms with Crippen molar-refractivity contribution in [2.75, 3.05) is 19.5 Å². The lowest BCUT2D eigenvalue weighted by molar-refractivity contribution is -0.115. The van der Waals surface area contributed by atoms with Crippen LogP contribution in [0.1, 0.15) is 6.92 Å². The number of carbonyl (C=O) groups excluding carboxylic acids is 1. The van der Waals surface area contributed by atoms with Crippen molar-refractivity contribution < 1.29 is 14.3 Å². The third-order valence-corrected chi connectivity index (χ3v) is 2.23. The molecule has 1 rings (SSSR count). The molecule has 0 radical (unpaired) electrons. The summed E-state index contributed by atoms with van der Waals surface area (Å²) in [5, 5.41) is 2.07. The normalized spacial score (nSPS) is 11.8. The zero-order chi connectivity index (χ0) is 12.1. The van der Waals surface area contributed by atoms with E-state index in [1.807, 2.05) is 0 Å². The first-order valence-corrected chi connectivity index (χ1v) is 5.19. The number of amides is 1. The number of hydrogen-bond acceptors (Lipinski definition) is 3. The first-order valence-electron chi connectivity index (χ1n) is 4.75. The summed E-state index contributed by atoms with van der Waals surface area (Å²) in [6.45, 7) is 1.60. The van der Waals surface area contributed by atoms with Gasteiger partial charge in [0.15, 0.2) is 0 Å². The Bertz CT molecular complexity index is 379. The van der Waals surface area contributed by atoms with Crippen LogP contribution in [0.3, 0.4) is 0 Å². The Morgan fingerprint density at radius 1 is 1.38 bits per heavy atom. The van der Waals surface area contributed by atoms with Crippen molar-refractivity contribution in [2.24, 2.45) is 0 Å². The van der Waals surface area contributed by atoms with Gasteiger partial charge in [0.25, 0.3) is 0 Å². The molecule has 1 N–H and O–H groups in total. The molecule has 1 aromatic carbocycles.